The topological polar surface area (TPSA) is 307 Å². The third-order valence-electron chi connectivity index (χ3n) is 14.5. The van der Waals surface area contributed by atoms with Gasteiger partial charge in [-0.3, -0.25) is 4.79 Å². The van der Waals surface area contributed by atoms with Gasteiger partial charge in [0.15, 0.2) is 18.9 Å². The summed E-state index contributed by atoms with van der Waals surface area (Å²) in [5.41, 5.74) is 0. The van der Waals surface area contributed by atoms with Gasteiger partial charge in [0.25, 0.3) is 0 Å². The molecule has 3 saturated heterocycles. The first-order valence-corrected chi connectivity index (χ1v) is 29.7. The number of hydrogen-bond acceptors (Lipinski definition) is 18. The van der Waals surface area contributed by atoms with Crippen molar-refractivity contribution in [2.45, 2.75) is 272 Å². The summed E-state index contributed by atoms with van der Waals surface area (Å²) in [5.74, 6) is -0.329. The van der Waals surface area contributed by atoms with Crippen LogP contribution in [0, 0.1) is 0 Å². The van der Waals surface area contributed by atoms with Crippen LogP contribution in [0.15, 0.2) is 72.9 Å². The van der Waals surface area contributed by atoms with Crippen LogP contribution in [0.1, 0.15) is 168 Å². The highest BCUT2D eigenvalue weighted by molar-refractivity contribution is 5.76. The molecular formula is C60H103NO18. The largest absolute Gasteiger partial charge is 0.394 e. The lowest BCUT2D eigenvalue weighted by atomic mass is 9.96. The highest BCUT2D eigenvalue weighted by atomic mass is 16.8. The van der Waals surface area contributed by atoms with E-state index >= 15 is 0 Å². The maximum Gasteiger partial charge on any atom is 0.220 e. The van der Waals surface area contributed by atoms with E-state index in [9.17, 15) is 61.0 Å². The van der Waals surface area contributed by atoms with Gasteiger partial charge < -0.3 is 89.9 Å². The molecule has 3 aliphatic rings. The lowest BCUT2D eigenvalue weighted by Gasteiger charge is -2.48. The van der Waals surface area contributed by atoms with Gasteiger partial charge in [-0.25, -0.2) is 0 Å². The summed E-state index contributed by atoms with van der Waals surface area (Å²) in [6.45, 7) is 1.53. The Hall–Kier alpha value is -2.77. The molecule has 3 rings (SSSR count). The van der Waals surface area contributed by atoms with Crippen LogP contribution in [-0.4, -0.2) is 193 Å². The van der Waals surface area contributed by atoms with Gasteiger partial charge in [0.1, 0.15) is 73.2 Å². The molecular weight excluding hydrogens is 1020 g/mol. The monoisotopic (exact) mass is 1130 g/mol. The number of rotatable bonds is 42. The van der Waals surface area contributed by atoms with Gasteiger partial charge in [-0.1, -0.05) is 164 Å². The van der Waals surface area contributed by atoms with Crippen molar-refractivity contribution in [1.29, 1.82) is 0 Å². The summed E-state index contributed by atoms with van der Waals surface area (Å²) in [7, 11) is 0. The molecule has 3 heterocycles. The van der Waals surface area contributed by atoms with Gasteiger partial charge in [-0.05, 0) is 70.6 Å². The molecule has 0 aliphatic carbocycles. The van der Waals surface area contributed by atoms with Crippen LogP contribution < -0.4 is 5.32 Å². The molecule has 17 atom stereocenters. The lowest BCUT2D eigenvalue weighted by molar-refractivity contribution is -0.379. The highest BCUT2D eigenvalue weighted by Gasteiger charge is 2.53. The van der Waals surface area contributed by atoms with Gasteiger partial charge in [0, 0.05) is 6.42 Å². The fourth-order valence-electron chi connectivity index (χ4n) is 9.61. The Kier molecular flexibility index (Phi) is 38.3. The Morgan fingerprint density at radius 3 is 1.42 bits per heavy atom. The quantitative estimate of drug-likeness (QED) is 0.0282. The number of carbonyl (C=O) groups is 1. The SMILES string of the molecule is CC/C=C\C/C=C\C/C=C\C/C=C\CCCCC(=O)NC(COC1OC(CO)C(OC2OC(CO)C(OC3OC(CO)C(O)C(O)C3O)C(O)C2O)C(O)C1O)C(O)/C=C/CC/C=C/CCCCCCCCCCCCCCC. The van der Waals surface area contributed by atoms with Crippen LogP contribution in [0.2, 0.25) is 0 Å². The van der Waals surface area contributed by atoms with Crippen molar-refractivity contribution in [3.05, 3.63) is 72.9 Å². The zero-order chi connectivity index (χ0) is 57.6. The number of unbranched alkanes of at least 4 members (excludes halogenated alkanes) is 16. The molecule has 0 bridgehead atoms. The van der Waals surface area contributed by atoms with E-state index in [2.05, 4.69) is 79.9 Å². The Labute approximate surface area is 470 Å². The van der Waals surface area contributed by atoms with Gasteiger partial charge in [0.2, 0.25) is 5.91 Å². The minimum Gasteiger partial charge on any atom is -0.394 e. The molecule has 0 aromatic carbocycles. The molecule has 0 aromatic heterocycles. The average molecular weight is 1130 g/mol. The molecule has 12 N–H and O–H groups in total. The van der Waals surface area contributed by atoms with Crippen LogP contribution in [0.5, 0.6) is 0 Å². The van der Waals surface area contributed by atoms with Crippen LogP contribution in [0.3, 0.4) is 0 Å². The minimum atomic E-state index is -1.99. The number of allylic oxidation sites excluding steroid dienone is 11. The van der Waals surface area contributed by atoms with E-state index in [0.717, 1.165) is 57.8 Å². The Morgan fingerprint density at radius 1 is 0.468 bits per heavy atom. The standard InChI is InChI=1S/C60H103NO18/c1-3-5-7-9-11-13-15-17-19-20-21-22-24-25-27-29-31-33-35-37-44(65)43(61-48(66)38-36-34-32-30-28-26-23-18-16-14-12-10-8-6-4-2)42-74-58-54(72)51(69)56(46(40-63)76-58)79-60-55(73)52(70)57(47(41-64)77-60)78-59-53(71)50(68)49(67)45(39-62)75-59/h6,8,12,14,18,23,27-30,35,37,43-47,49-60,62-65,67-73H,3-5,7,9-11,13,15-17,19-22,24-26,31-34,36,38-42H2,1-2H3,(H,61,66)/b8-6-,14-12-,23-18-,29-27+,30-28-,37-35+. The predicted octanol–water partition coefficient (Wildman–Crippen LogP) is 5.04. The zero-order valence-corrected chi connectivity index (χ0v) is 47.3. The summed E-state index contributed by atoms with van der Waals surface area (Å²) >= 11 is 0. The van der Waals surface area contributed by atoms with Crippen molar-refractivity contribution in [2.75, 3.05) is 26.4 Å². The van der Waals surface area contributed by atoms with E-state index in [1.54, 1.807) is 6.08 Å². The molecule has 0 aromatic rings. The first kappa shape index (κ1) is 70.5. The summed E-state index contributed by atoms with van der Waals surface area (Å²) in [4.78, 5) is 13.3. The van der Waals surface area contributed by atoms with Crippen LogP contribution in [-0.2, 0) is 33.2 Å². The van der Waals surface area contributed by atoms with Crippen molar-refractivity contribution >= 4 is 5.91 Å². The number of carbonyl (C=O) groups excluding carboxylic acids is 1. The first-order chi connectivity index (χ1) is 38.3. The second kappa shape index (κ2) is 43.0. The molecule has 0 spiro atoms. The van der Waals surface area contributed by atoms with Crippen molar-refractivity contribution in [3.63, 3.8) is 0 Å². The Balaban J connectivity index is 1.54. The molecule has 3 aliphatic heterocycles. The van der Waals surface area contributed by atoms with E-state index in [0.29, 0.717) is 12.8 Å². The molecule has 456 valence electrons. The average Bonchev–Trinajstić information content (AvgIpc) is 3.47. The minimum absolute atomic E-state index is 0.179. The molecule has 79 heavy (non-hydrogen) atoms. The fourth-order valence-corrected chi connectivity index (χ4v) is 9.61. The van der Waals surface area contributed by atoms with Crippen molar-refractivity contribution < 1.29 is 89.4 Å². The Bertz CT molecular complexity index is 1730. The number of ether oxygens (including phenoxy) is 6. The first-order valence-electron chi connectivity index (χ1n) is 29.7. The molecule has 1 amide bonds. The number of amides is 1. The second-order valence-electron chi connectivity index (χ2n) is 21.1. The van der Waals surface area contributed by atoms with Gasteiger partial charge in [-0.15, -0.1) is 0 Å². The maximum absolute atomic E-state index is 13.3. The number of hydrogen-bond donors (Lipinski definition) is 12. The predicted molar refractivity (Wildman–Crippen MR) is 300 cm³/mol. The molecule has 3 fully saturated rings. The summed E-state index contributed by atoms with van der Waals surface area (Å²) in [5, 5.41) is 120. The van der Waals surface area contributed by atoms with E-state index in [4.69, 9.17) is 28.4 Å². The van der Waals surface area contributed by atoms with E-state index in [-0.39, 0.29) is 18.9 Å². The molecule has 19 heteroatoms. The van der Waals surface area contributed by atoms with Crippen LogP contribution >= 0.6 is 0 Å². The smallest absolute Gasteiger partial charge is 0.220 e. The molecule has 0 saturated carbocycles. The van der Waals surface area contributed by atoms with Gasteiger partial charge >= 0.3 is 0 Å². The van der Waals surface area contributed by atoms with Crippen LogP contribution in [0.25, 0.3) is 0 Å². The number of aliphatic hydroxyl groups is 11. The third-order valence-corrected chi connectivity index (χ3v) is 14.5. The maximum atomic E-state index is 13.3. The Morgan fingerprint density at radius 2 is 0.886 bits per heavy atom. The normalized spacial score (nSPS) is 30.8. The zero-order valence-electron chi connectivity index (χ0n) is 47.3. The van der Waals surface area contributed by atoms with E-state index in [1.807, 2.05) is 6.08 Å². The van der Waals surface area contributed by atoms with Gasteiger partial charge in [0.05, 0.1) is 38.6 Å². The number of nitrogens with one attached hydrogen (secondary N) is 1. The molecule has 0 radical (unpaired) electrons. The van der Waals surface area contributed by atoms with Crippen molar-refractivity contribution in [3.8, 4) is 0 Å². The second-order valence-corrected chi connectivity index (χ2v) is 21.1. The third kappa shape index (κ3) is 27.0. The summed E-state index contributed by atoms with van der Waals surface area (Å²) in [6, 6.07) is -1.01. The van der Waals surface area contributed by atoms with Crippen molar-refractivity contribution in [1.82, 2.24) is 5.32 Å². The highest BCUT2D eigenvalue weighted by Crippen LogP contribution is 2.33. The van der Waals surface area contributed by atoms with E-state index in [1.165, 1.54) is 77.0 Å². The fraction of sp³-hybridized carbons (Fsp3) is 0.783. The van der Waals surface area contributed by atoms with Gasteiger partial charge in [-0.2, -0.15) is 0 Å². The molecule has 17 unspecified atom stereocenters. The van der Waals surface area contributed by atoms with Crippen LogP contribution in [0.4, 0.5) is 0 Å². The lowest BCUT2D eigenvalue weighted by Crippen LogP contribution is -2.66. The van der Waals surface area contributed by atoms with Crippen molar-refractivity contribution in [2.24, 2.45) is 0 Å². The summed E-state index contributed by atoms with van der Waals surface area (Å²) in [6.07, 6.45) is 23.2. The number of aliphatic hydroxyl groups excluding tert-OH is 11. The van der Waals surface area contributed by atoms with E-state index < -0.39 is 124 Å². The molecule has 19 nitrogen and oxygen atoms in total. The summed E-state index contributed by atoms with van der Waals surface area (Å²) < 4.78 is 34.2.